The number of rotatable bonds is 1. The number of fused-ring (bicyclic) bond motifs is 2. The van der Waals surface area contributed by atoms with Crippen LogP contribution in [0.15, 0.2) is 23.8 Å². The molecule has 1 N–H and O–H groups in total. The molecule has 1 saturated carbocycles. The molecule has 5 heteroatoms. The average Bonchev–Trinajstić information content (AvgIpc) is 2.71. The lowest BCUT2D eigenvalue weighted by molar-refractivity contribution is -0.148. The highest BCUT2D eigenvalue weighted by molar-refractivity contribution is 5.91. The van der Waals surface area contributed by atoms with Crippen molar-refractivity contribution in [1.29, 1.82) is 0 Å². The van der Waals surface area contributed by atoms with Crippen LogP contribution < -0.4 is 0 Å². The molecule has 0 unspecified atom stereocenters. The second kappa shape index (κ2) is 4.95. The third kappa shape index (κ3) is 2.28. The van der Waals surface area contributed by atoms with E-state index in [0.29, 0.717) is 18.4 Å². The number of carbonyl (C=O) groups excluding carboxylic acids is 2. The molecule has 0 spiro atoms. The highest BCUT2D eigenvalue weighted by Gasteiger charge is 2.55. The average molecular weight is 306 g/mol. The quantitative estimate of drug-likeness (QED) is 0.454. The maximum absolute atomic E-state index is 11.7. The van der Waals surface area contributed by atoms with E-state index in [9.17, 15) is 14.7 Å². The van der Waals surface area contributed by atoms with Crippen molar-refractivity contribution >= 4 is 11.9 Å². The van der Waals surface area contributed by atoms with E-state index in [0.717, 1.165) is 5.57 Å². The molecule has 0 aromatic rings. The summed E-state index contributed by atoms with van der Waals surface area (Å²) in [6.45, 7) is 8.96. The Morgan fingerprint density at radius 2 is 2.23 bits per heavy atom. The van der Waals surface area contributed by atoms with Crippen LogP contribution in [0.2, 0.25) is 0 Å². The number of carbonyl (C=O) groups is 2. The molecule has 120 valence electrons. The van der Waals surface area contributed by atoms with Crippen molar-refractivity contribution in [2.75, 3.05) is 0 Å². The summed E-state index contributed by atoms with van der Waals surface area (Å²) in [5.74, 6) is -0.938. The summed E-state index contributed by atoms with van der Waals surface area (Å²) in [6.07, 6.45) is 2.30. The zero-order valence-corrected chi connectivity index (χ0v) is 13.2. The first-order chi connectivity index (χ1) is 10.2. The van der Waals surface area contributed by atoms with Crippen LogP contribution in [-0.4, -0.2) is 34.9 Å². The fourth-order valence-electron chi connectivity index (χ4n) is 4.37. The summed E-state index contributed by atoms with van der Waals surface area (Å²) in [7, 11) is 0. The Morgan fingerprint density at radius 1 is 1.55 bits per heavy atom. The summed E-state index contributed by atoms with van der Waals surface area (Å²) in [5.41, 5.74) is 0.534. The number of hydrogen-bond acceptors (Lipinski definition) is 5. The highest BCUT2D eigenvalue weighted by atomic mass is 16.6. The molecule has 5 nitrogen and oxygen atoms in total. The zero-order valence-electron chi connectivity index (χ0n) is 13.2. The van der Waals surface area contributed by atoms with Crippen molar-refractivity contribution in [2.24, 2.45) is 17.8 Å². The van der Waals surface area contributed by atoms with E-state index < -0.39 is 5.60 Å². The minimum Gasteiger partial charge on any atom is -0.462 e. The summed E-state index contributed by atoms with van der Waals surface area (Å²) in [4.78, 5) is 23.1. The number of esters is 2. The molecule has 6 atom stereocenters. The molecule has 1 heterocycles. The van der Waals surface area contributed by atoms with Gasteiger partial charge in [-0.3, -0.25) is 4.79 Å². The van der Waals surface area contributed by atoms with E-state index in [1.807, 2.05) is 13.0 Å². The summed E-state index contributed by atoms with van der Waals surface area (Å²) in [6, 6.07) is 0. The molecule has 0 aromatic heterocycles. The smallest absolute Gasteiger partial charge is 0.334 e. The van der Waals surface area contributed by atoms with Gasteiger partial charge in [0.15, 0.2) is 0 Å². The fourth-order valence-corrected chi connectivity index (χ4v) is 4.37. The van der Waals surface area contributed by atoms with Gasteiger partial charge in [-0.1, -0.05) is 12.2 Å². The number of hydrogen-bond donors (Lipinski definition) is 1. The predicted octanol–water partition coefficient (Wildman–Crippen LogP) is 1.75. The van der Waals surface area contributed by atoms with E-state index in [1.165, 1.54) is 6.92 Å². The van der Waals surface area contributed by atoms with Crippen molar-refractivity contribution < 1.29 is 24.2 Å². The van der Waals surface area contributed by atoms with Crippen molar-refractivity contribution in [3.8, 4) is 0 Å². The first-order valence-corrected chi connectivity index (χ1v) is 7.68. The van der Waals surface area contributed by atoms with E-state index in [1.54, 1.807) is 6.92 Å². The lowest BCUT2D eigenvalue weighted by Crippen LogP contribution is -2.33. The van der Waals surface area contributed by atoms with Gasteiger partial charge in [-0.25, -0.2) is 4.79 Å². The second-order valence-electron chi connectivity index (χ2n) is 6.99. The topological polar surface area (TPSA) is 72.8 Å². The first kappa shape index (κ1) is 15.3. The standard InChI is InChI=1S/C17H22O5/c1-8-5-13-11(9(2)16(19)22-13)6-12-15(8)14(21-10(3)18)7-17(12,4)20/h5,11-15,20H,2,6-7H2,1,3-4H3/t11-,12-,13-,14-,15+,17+/m0/s1. The monoisotopic (exact) mass is 306 g/mol. The lowest BCUT2D eigenvalue weighted by atomic mass is 9.78. The van der Waals surface area contributed by atoms with E-state index in [2.05, 4.69) is 6.58 Å². The molecule has 2 fully saturated rings. The van der Waals surface area contributed by atoms with Gasteiger partial charge in [0.2, 0.25) is 0 Å². The van der Waals surface area contributed by atoms with Crippen LogP contribution >= 0.6 is 0 Å². The number of aliphatic hydroxyl groups is 1. The lowest BCUT2D eigenvalue weighted by Gasteiger charge is -2.30. The molecular weight excluding hydrogens is 284 g/mol. The Bertz CT molecular complexity index is 574. The van der Waals surface area contributed by atoms with Crippen LogP contribution in [0.5, 0.6) is 0 Å². The Balaban J connectivity index is 1.98. The van der Waals surface area contributed by atoms with Crippen molar-refractivity contribution in [2.45, 2.75) is 51.4 Å². The van der Waals surface area contributed by atoms with E-state index in [4.69, 9.17) is 9.47 Å². The van der Waals surface area contributed by atoms with E-state index >= 15 is 0 Å². The minimum absolute atomic E-state index is 0.0454. The SMILES string of the molecule is C=C1C(=O)O[C@H]2C=C(C)[C@H]3[C@@H](OC(C)=O)C[C@@](C)(O)[C@H]3C[C@@H]12. The van der Waals surface area contributed by atoms with Gasteiger partial charge in [0.05, 0.1) is 5.60 Å². The van der Waals surface area contributed by atoms with Gasteiger partial charge in [-0.15, -0.1) is 0 Å². The molecule has 1 saturated heterocycles. The molecule has 0 radical (unpaired) electrons. The molecular formula is C17H22O5. The molecule has 22 heavy (non-hydrogen) atoms. The molecule has 0 aromatic carbocycles. The summed E-state index contributed by atoms with van der Waals surface area (Å²) in [5, 5.41) is 10.8. The molecule has 2 aliphatic carbocycles. The minimum atomic E-state index is -0.944. The summed E-state index contributed by atoms with van der Waals surface area (Å²) >= 11 is 0. The molecule has 3 rings (SSSR count). The fraction of sp³-hybridized carbons (Fsp3) is 0.647. The van der Waals surface area contributed by atoms with Crippen LogP contribution in [0.4, 0.5) is 0 Å². The largest absolute Gasteiger partial charge is 0.462 e. The maximum atomic E-state index is 11.7. The number of ether oxygens (including phenoxy) is 2. The molecule has 0 bridgehead atoms. The normalized spacial score (nSPS) is 43.8. The van der Waals surface area contributed by atoms with Crippen molar-refractivity contribution in [3.05, 3.63) is 23.8 Å². The van der Waals surface area contributed by atoms with E-state index in [-0.39, 0.29) is 41.9 Å². The second-order valence-corrected chi connectivity index (χ2v) is 6.99. The Morgan fingerprint density at radius 3 is 2.86 bits per heavy atom. The molecule has 0 amide bonds. The first-order valence-electron chi connectivity index (χ1n) is 7.68. The van der Waals surface area contributed by atoms with Crippen LogP contribution in [0.1, 0.15) is 33.6 Å². The third-order valence-electron chi connectivity index (χ3n) is 5.37. The molecule has 1 aliphatic heterocycles. The van der Waals surface area contributed by atoms with Crippen molar-refractivity contribution in [3.63, 3.8) is 0 Å². The van der Waals surface area contributed by atoms with Crippen LogP contribution in [0, 0.1) is 17.8 Å². The van der Waals surface area contributed by atoms with Gasteiger partial charge in [0, 0.05) is 30.8 Å². The van der Waals surface area contributed by atoms with Gasteiger partial charge < -0.3 is 14.6 Å². The Hall–Kier alpha value is -1.62. The van der Waals surface area contributed by atoms with Crippen LogP contribution in [0.25, 0.3) is 0 Å². The van der Waals surface area contributed by atoms with Gasteiger partial charge in [0.25, 0.3) is 0 Å². The Kier molecular flexibility index (Phi) is 3.44. The predicted molar refractivity (Wildman–Crippen MR) is 78.7 cm³/mol. The van der Waals surface area contributed by atoms with Crippen LogP contribution in [0.3, 0.4) is 0 Å². The van der Waals surface area contributed by atoms with Gasteiger partial charge >= 0.3 is 11.9 Å². The Labute approximate surface area is 130 Å². The third-order valence-corrected chi connectivity index (χ3v) is 5.37. The zero-order chi connectivity index (χ0) is 16.2. The van der Waals surface area contributed by atoms with Crippen LogP contribution in [-0.2, 0) is 19.1 Å². The van der Waals surface area contributed by atoms with Gasteiger partial charge in [0.1, 0.15) is 12.2 Å². The summed E-state index contributed by atoms with van der Waals surface area (Å²) < 4.78 is 10.8. The van der Waals surface area contributed by atoms with Crippen molar-refractivity contribution in [1.82, 2.24) is 0 Å². The maximum Gasteiger partial charge on any atom is 0.334 e. The highest BCUT2D eigenvalue weighted by Crippen LogP contribution is 2.52. The molecule has 3 aliphatic rings. The van der Waals surface area contributed by atoms with Gasteiger partial charge in [-0.05, 0) is 32.3 Å². The van der Waals surface area contributed by atoms with Gasteiger partial charge in [-0.2, -0.15) is 0 Å².